The first kappa shape index (κ1) is 8.92. The maximum absolute atomic E-state index is 12.1. The lowest BCUT2D eigenvalue weighted by atomic mass is 10.00. The van der Waals surface area contributed by atoms with Gasteiger partial charge < -0.3 is 5.43 Å². The average molecular weight is 202 g/mol. The first-order valence-corrected chi connectivity index (χ1v) is 5.39. The zero-order chi connectivity index (χ0) is 10.4. The number of nitrogens with one attached hydrogen (secondary N) is 1. The SMILES string of the molecule is CN1Nc2ccccc2C1C(=O)C1CC1. The summed E-state index contributed by atoms with van der Waals surface area (Å²) in [6.45, 7) is 0. The molecular formula is C12H14N2O. The summed E-state index contributed by atoms with van der Waals surface area (Å²) in [7, 11) is 1.94. The summed E-state index contributed by atoms with van der Waals surface area (Å²) < 4.78 is 0. The zero-order valence-corrected chi connectivity index (χ0v) is 8.73. The van der Waals surface area contributed by atoms with Crippen LogP contribution in [0.15, 0.2) is 24.3 Å². The van der Waals surface area contributed by atoms with Crippen molar-refractivity contribution in [3.05, 3.63) is 29.8 Å². The fraction of sp³-hybridized carbons (Fsp3) is 0.417. The Hall–Kier alpha value is -1.35. The highest BCUT2D eigenvalue weighted by molar-refractivity contribution is 5.91. The molecule has 0 bridgehead atoms. The maximum Gasteiger partial charge on any atom is 0.159 e. The van der Waals surface area contributed by atoms with Gasteiger partial charge in [-0.2, -0.15) is 0 Å². The van der Waals surface area contributed by atoms with Crippen LogP contribution in [0.5, 0.6) is 0 Å². The summed E-state index contributed by atoms with van der Waals surface area (Å²) in [6, 6.07) is 7.97. The number of rotatable bonds is 2. The van der Waals surface area contributed by atoms with Gasteiger partial charge in [-0.1, -0.05) is 18.2 Å². The van der Waals surface area contributed by atoms with Crippen LogP contribution in [0.2, 0.25) is 0 Å². The minimum Gasteiger partial charge on any atom is -0.318 e. The molecule has 1 unspecified atom stereocenters. The number of carbonyl (C=O) groups is 1. The van der Waals surface area contributed by atoms with Gasteiger partial charge >= 0.3 is 0 Å². The Morgan fingerprint density at radius 2 is 2.13 bits per heavy atom. The first-order chi connectivity index (χ1) is 7.27. The monoisotopic (exact) mass is 202 g/mol. The summed E-state index contributed by atoms with van der Waals surface area (Å²) in [6.07, 6.45) is 2.15. The van der Waals surface area contributed by atoms with Crippen LogP contribution in [0.25, 0.3) is 0 Å². The molecule has 1 atom stereocenters. The van der Waals surface area contributed by atoms with Crippen molar-refractivity contribution in [3.8, 4) is 0 Å². The number of likely N-dealkylation sites (N-methyl/N-ethyl adjacent to an activating group) is 1. The molecule has 1 aliphatic heterocycles. The Morgan fingerprint density at radius 1 is 1.40 bits per heavy atom. The van der Waals surface area contributed by atoms with Crippen LogP contribution in [0, 0.1) is 5.92 Å². The number of nitrogens with zero attached hydrogens (tertiary/aromatic N) is 1. The van der Waals surface area contributed by atoms with E-state index in [2.05, 4.69) is 5.43 Å². The highest BCUT2D eigenvalue weighted by Gasteiger charge is 2.40. The zero-order valence-electron chi connectivity index (χ0n) is 8.73. The van der Waals surface area contributed by atoms with E-state index in [0.29, 0.717) is 11.7 Å². The summed E-state index contributed by atoms with van der Waals surface area (Å²) in [5.41, 5.74) is 5.41. The van der Waals surface area contributed by atoms with Crippen molar-refractivity contribution in [2.24, 2.45) is 5.92 Å². The van der Waals surface area contributed by atoms with Crippen LogP contribution in [-0.4, -0.2) is 17.8 Å². The number of carbonyl (C=O) groups excluding carboxylic acids is 1. The highest BCUT2D eigenvalue weighted by atomic mass is 16.1. The van der Waals surface area contributed by atoms with E-state index in [1.54, 1.807) is 0 Å². The van der Waals surface area contributed by atoms with Gasteiger partial charge in [0.25, 0.3) is 0 Å². The molecule has 3 heteroatoms. The molecule has 0 saturated heterocycles. The third-order valence-corrected chi connectivity index (χ3v) is 3.19. The molecule has 2 aliphatic rings. The van der Waals surface area contributed by atoms with Crippen molar-refractivity contribution in [1.82, 2.24) is 5.01 Å². The van der Waals surface area contributed by atoms with E-state index in [1.807, 2.05) is 36.3 Å². The Labute approximate surface area is 89.1 Å². The van der Waals surface area contributed by atoms with Gasteiger partial charge in [-0.3, -0.25) is 4.79 Å². The third-order valence-electron chi connectivity index (χ3n) is 3.19. The molecule has 78 valence electrons. The second kappa shape index (κ2) is 3.07. The van der Waals surface area contributed by atoms with Gasteiger partial charge in [0.1, 0.15) is 6.04 Å². The standard InChI is InChI=1S/C12H14N2O/c1-14-11(12(15)8-6-7-8)9-4-2-3-5-10(9)13-14/h2-5,8,11,13H,6-7H2,1H3. The highest BCUT2D eigenvalue weighted by Crippen LogP contribution is 2.41. The molecule has 0 radical (unpaired) electrons. The van der Waals surface area contributed by atoms with E-state index in [1.165, 1.54) is 0 Å². The van der Waals surface area contributed by atoms with Gasteiger partial charge in [-0.15, -0.1) is 0 Å². The lowest BCUT2D eigenvalue weighted by Gasteiger charge is -2.18. The van der Waals surface area contributed by atoms with Crippen LogP contribution in [0.1, 0.15) is 24.4 Å². The number of ketones is 1. The van der Waals surface area contributed by atoms with Crippen molar-refractivity contribution in [3.63, 3.8) is 0 Å². The van der Waals surface area contributed by atoms with E-state index < -0.39 is 0 Å². The van der Waals surface area contributed by atoms with Gasteiger partial charge in [0.15, 0.2) is 5.78 Å². The lowest BCUT2D eigenvalue weighted by molar-refractivity contribution is -0.124. The minimum atomic E-state index is -0.0753. The molecule has 0 spiro atoms. The summed E-state index contributed by atoms with van der Waals surface area (Å²) >= 11 is 0. The fourth-order valence-corrected chi connectivity index (χ4v) is 2.24. The van der Waals surface area contributed by atoms with Gasteiger partial charge in [0.05, 0.1) is 5.69 Å². The quantitative estimate of drug-likeness (QED) is 0.795. The summed E-state index contributed by atoms with van der Waals surface area (Å²) in [5.74, 6) is 0.681. The van der Waals surface area contributed by atoms with Gasteiger partial charge in [0, 0.05) is 18.5 Å². The van der Waals surface area contributed by atoms with E-state index in [9.17, 15) is 4.79 Å². The molecule has 1 fully saturated rings. The van der Waals surface area contributed by atoms with Crippen LogP contribution in [0.3, 0.4) is 0 Å². The number of hydrogen-bond donors (Lipinski definition) is 1. The van der Waals surface area contributed by atoms with E-state index in [4.69, 9.17) is 0 Å². The second-order valence-corrected chi connectivity index (χ2v) is 4.39. The topological polar surface area (TPSA) is 32.3 Å². The molecule has 1 aromatic rings. The minimum absolute atomic E-state index is 0.0753. The fourth-order valence-electron chi connectivity index (χ4n) is 2.24. The van der Waals surface area contributed by atoms with E-state index >= 15 is 0 Å². The molecule has 15 heavy (non-hydrogen) atoms. The van der Waals surface area contributed by atoms with Crippen LogP contribution < -0.4 is 5.43 Å². The van der Waals surface area contributed by atoms with Gasteiger partial charge in [-0.25, -0.2) is 5.01 Å². The number of hydrazine groups is 1. The number of fused-ring (bicyclic) bond motifs is 1. The molecule has 3 nitrogen and oxygen atoms in total. The average Bonchev–Trinajstić information content (AvgIpc) is 3.00. The molecule has 1 N–H and O–H groups in total. The normalized spacial score (nSPS) is 24.7. The number of anilines is 1. The second-order valence-electron chi connectivity index (χ2n) is 4.39. The molecule has 0 aromatic heterocycles. The van der Waals surface area contributed by atoms with Gasteiger partial charge in [-0.05, 0) is 18.9 Å². The Balaban J connectivity index is 1.97. The maximum atomic E-state index is 12.1. The molecule has 1 saturated carbocycles. The Morgan fingerprint density at radius 3 is 2.87 bits per heavy atom. The Kier molecular flexibility index (Phi) is 1.83. The Bertz CT molecular complexity index is 412. The van der Waals surface area contributed by atoms with Crippen molar-refractivity contribution in [2.45, 2.75) is 18.9 Å². The molecule has 1 aliphatic carbocycles. The van der Waals surface area contributed by atoms with E-state index in [0.717, 1.165) is 24.1 Å². The van der Waals surface area contributed by atoms with Crippen LogP contribution in [-0.2, 0) is 4.79 Å². The van der Waals surface area contributed by atoms with Crippen molar-refractivity contribution in [1.29, 1.82) is 0 Å². The largest absolute Gasteiger partial charge is 0.318 e. The summed E-state index contributed by atoms with van der Waals surface area (Å²) in [5, 5.41) is 1.92. The molecule has 0 amide bonds. The summed E-state index contributed by atoms with van der Waals surface area (Å²) in [4.78, 5) is 12.1. The van der Waals surface area contributed by atoms with Crippen molar-refractivity contribution < 1.29 is 4.79 Å². The van der Waals surface area contributed by atoms with Crippen LogP contribution in [0.4, 0.5) is 5.69 Å². The molecule has 1 heterocycles. The number of Topliss-reactive ketones (excluding diaryl/α,β-unsaturated/α-hetero) is 1. The number of benzene rings is 1. The van der Waals surface area contributed by atoms with Crippen LogP contribution >= 0.6 is 0 Å². The third kappa shape index (κ3) is 1.35. The molecular weight excluding hydrogens is 188 g/mol. The van der Waals surface area contributed by atoms with Crippen molar-refractivity contribution in [2.75, 3.05) is 12.5 Å². The molecule has 3 rings (SSSR count). The van der Waals surface area contributed by atoms with E-state index in [-0.39, 0.29) is 6.04 Å². The number of para-hydroxylation sites is 1. The van der Waals surface area contributed by atoms with Gasteiger partial charge in [0.2, 0.25) is 0 Å². The molecule has 1 aromatic carbocycles. The lowest BCUT2D eigenvalue weighted by Crippen LogP contribution is -2.29. The smallest absolute Gasteiger partial charge is 0.159 e. The predicted molar refractivity (Wildman–Crippen MR) is 58.3 cm³/mol. The van der Waals surface area contributed by atoms with Crippen molar-refractivity contribution >= 4 is 11.5 Å². The first-order valence-electron chi connectivity index (χ1n) is 5.39. The predicted octanol–water partition coefficient (Wildman–Crippen LogP) is 1.98. The number of hydrogen-bond acceptors (Lipinski definition) is 3.